The Morgan fingerprint density at radius 1 is 0.972 bits per heavy atom. The maximum atomic E-state index is 13.1. The van der Waals surface area contributed by atoms with Crippen molar-refractivity contribution in [3.05, 3.63) is 72.8 Å². The van der Waals surface area contributed by atoms with Crippen molar-refractivity contribution in [3.63, 3.8) is 0 Å². The van der Waals surface area contributed by atoms with Crippen molar-refractivity contribution in [2.24, 2.45) is 0 Å². The Hall–Kier alpha value is -3.69. The van der Waals surface area contributed by atoms with Gasteiger partial charge in [0.1, 0.15) is 17.2 Å². The zero-order valence-electron chi connectivity index (χ0n) is 19.8. The lowest BCUT2D eigenvalue weighted by Crippen LogP contribution is -2.43. The second-order valence-electron chi connectivity index (χ2n) is 8.45. The van der Waals surface area contributed by atoms with Crippen LogP contribution >= 0.6 is 0 Å². The number of carbonyl (C=O) groups excluding carboxylic acids is 1. The van der Waals surface area contributed by atoms with Crippen molar-refractivity contribution in [2.45, 2.75) is 38.6 Å². The number of benzene rings is 3. The molecule has 3 aromatic carbocycles. The molecular weight excluding hydrogens is 480 g/mol. The summed E-state index contributed by atoms with van der Waals surface area (Å²) in [6.07, 6.45) is 1.38. The first kappa shape index (κ1) is 25.4. The van der Waals surface area contributed by atoms with Crippen molar-refractivity contribution in [2.75, 3.05) is 15.7 Å². The molecule has 2 atom stereocenters. The normalized spacial score (nSPS) is 12.9. The Morgan fingerprint density at radius 3 is 2.36 bits per heavy atom. The third-order valence-electron chi connectivity index (χ3n) is 6.08. The van der Waals surface area contributed by atoms with Crippen molar-refractivity contribution in [1.29, 1.82) is 0 Å². The monoisotopic (exact) mass is 507 g/mol. The molecule has 4 rings (SSSR count). The van der Waals surface area contributed by atoms with E-state index in [1.54, 1.807) is 23.1 Å². The number of aliphatic carboxylic acids is 1. The summed E-state index contributed by atoms with van der Waals surface area (Å²) in [5.74, 6) is -1.59. The number of nitrogens with zero attached hydrogens (tertiary/aromatic N) is 2. The number of hydrogen-bond acceptors (Lipinski definition) is 5. The van der Waals surface area contributed by atoms with Crippen LogP contribution in [0.5, 0.6) is 0 Å². The molecule has 1 amide bonds. The molecule has 8 nitrogen and oxygen atoms in total. The van der Waals surface area contributed by atoms with Crippen LogP contribution in [-0.4, -0.2) is 38.3 Å². The number of para-hydroxylation sites is 2. The summed E-state index contributed by atoms with van der Waals surface area (Å²) in [5, 5.41) is 11.4. The van der Waals surface area contributed by atoms with Gasteiger partial charge in [-0.2, -0.15) is 0 Å². The lowest BCUT2D eigenvalue weighted by molar-refractivity contribution is -0.138. The smallest absolute Gasteiger partial charge is 0.327 e. The minimum atomic E-state index is -2.89. The molecule has 0 saturated carbocycles. The zero-order valence-corrected chi connectivity index (χ0v) is 20.6. The van der Waals surface area contributed by atoms with E-state index in [0.29, 0.717) is 23.1 Å². The predicted molar refractivity (Wildman–Crippen MR) is 139 cm³/mol. The largest absolute Gasteiger partial charge is 0.755 e. The highest BCUT2D eigenvalue weighted by molar-refractivity contribution is 7.80. The number of carboxylic acid groups (broad SMARTS) is 1. The Morgan fingerprint density at radius 2 is 1.67 bits per heavy atom. The number of unbranched alkanes of at least 4 members (excludes halogenated alkanes) is 1. The van der Waals surface area contributed by atoms with Gasteiger partial charge in [0.05, 0.1) is 5.69 Å². The van der Waals surface area contributed by atoms with E-state index < -0.39 is 23.3 Å². The summed E-state index contributed by atoms with van der Waals surface area (Å²) in [4.78, 5) is 27.0. The molecule has 0 fully saturated rings. The molecule has 1 heterocycles. The van der Waals surface area contributed by atoms with Gasteiger partial charge in [-0.1, -0.05) is 49.7 Å². The average molecular weight is 508 g/mol. The van der Waals surface area contributed by atoms with Crippen LogP contribution in [0.3, 0.4) is 0 Å². The molecule has 0 saturated heterocycles. The van der Waals surface area contributed by atoms with Crippen molar-refractivity contribution in [3.8, 4) is 0 Å². The summed E-state index contributed by atoms with van der Waals surface area (Å²) < 4.78 is 31.1. The van der Waals surface area contributed by atoms with Crippen LogP contribution in [0.1, 0.15) is 32.6 Å². The summed E-state index contributed by atoms with van der Waals surface area (Å²) in [6, 6.07) is 19.8. The minimum Gasteiger partial charge on any atom is -0.755 e. The summed E-state index contributed by atoms with van der Waals surface area (Å²) in [5.41, 5.74) is 2.12. The molecule has 0 aliphatic carbocycles. The average Bonchev–Trinajstić information content (AvgIpc) is 3.25. The van der Waals surface area contributed by atoms with Gasteiger partial charge in [-0.05, 0) is 49.2 Å². The lowest BCUT2D eigenvalue weighted by Gasteiger charge is -2.32. The fourth-order valence-electron chi connectivity index (χ4n) is 4.28. The van der Waals surface area contributed by atoms with E-state index in [2.05, 4.69) is 0 Å². The van der Waals surface area contributed by atoms with E-state index in [1.807, 2.05) is 55.5 Å². The number of carboxylic acids is 1. The van der Waals surface area contributed by atoms with E-state index in [4.69, 9.17) is 4.42 Å². The fraction of sp³-hybridized carbons (Fsp3) is 0.259. The molecule has 4 aromatic rings. The number of anilines is 2. The highest BCUT2D eigenvalue weighted by atomic mass is 32.2. The van der Waals surface area contributed by atoms with Crippen molar-refractivity contribution in [1.82, 2.24) is 0 Å². The van der Waals surface area contributed by atoms with Crippen LogP contribution in [0.4, 0.5) is 11.4 Å². The van der Waals surface area contributed by atoms with E-state index in [1.165, 1.54) is 6.07 Å². The lowest BCUT2D eigenvalue weighted by atomic mass is 10.1. The molecule has 1 aromatic heterocycles. The molecule has 188 valence electrons. The predicted octanol–water partition coefficient (Wildman–Crippen LogP) is 5.25. The van der Waals surface area contributed by atoms with E-state index in [9.17, 15) is 23.5 Å². The topological polar surface area (TPSA) is 114 Å². The third-order valence-corrected chi connectivity index (χ3v) is 6.87. The zero-order chi connectivity index (χ0) is 25.7. The SMILES string of the molecule is CCCCN(C(=O)CCC(C(=O)O)N(c1ccc2oc3ccccc3c2c1)S(=O)[O-])c1ccccc1. The standard InChI is InChI=1S/C27H28N2O6S/c1-2-3-17-28(19-9-5-4-6-10-19)26(30)16-14-23(27(31)32)29(36(33)34)20-13-15-25-22(18-20)21-11-7-8-12-24(21)35-25/h4-13,15,18,23H,2-3,14,16-17H2,1H3,(H,31,32)(H,33,34)/p-1. The van der Waals surface area contributed by atoms with E-state index in [0.717, 1.165) is 28.2 Å². The molecular formula is C27H27N2O6S-. The molecule has 1 N–H and O–H groups in total. The van der Waals surface area contributed by atoms with Gasteiger partial charge in [0.2, 0.25) is 5.91 Å². The Labute approximate surface area is 211 Å². The maximum Gasteiger partial charge on any atom is 0.327 e. The molecule has 9 heteroatoms. The number of fused-ring (bicyclic) bond motifs is 3. The Bertz CT molecular complexity index is 1390. The van der Waals surface area contributed by atoms with E-state index in [-0.39, 0.29) is 24.4 Å². The number of hydrogen-bond donors (Lipinski definition) is 1. The first-order valence-electron chi connectivity index (χ1n) is 11.8. The van der Waals surface area contributed by atoms with Gasteiger partial charge in [-0.3, -0.25) is 13.3 Å². The van der Waals surface area contributed by atoms with Gasteiger partial charge in [-0.25, -0.2) is 4.79 Å². The van der Waals surface area contributed by atoms with Crippen LogP contribution in [0.15, 0.2) is 77.2 Å². The Balaban J connectivity index is 1.61. The second kappa shape index (κ2) is 11.4. The molecule has 0 aliphatic heterocycles. The first-order chi connectivity index (χ1) is 17.4. The van der Waals surface area contributed by atoms with Crippen LogP contribution in [-0.2, 0) is 20.9 Å². The summed E-state index contributed by atoms with van der Waals surface area (Å²) >= 11 is -2.89. The number of amides is 1. The van der Waals surface area contributed by atoms with Gasteiger partial charge in [-0.15, -0.1) is 0 Å². The van der Waals surface area contributed by atoms with Crippen LogP contribution in [0.25, 0.3) is 21.9 Å². The molecule has 36 heavy (non-hydrogen) atoms. The van der Waals surface area contributed by atoms with Crippen LogP contribution in [0, 0.1) is 0 Å². The molecule has 0 radical (unpaired) electrons. The quantitative estimate of drug-likeness (QED) is 0.277. The number of carbonyl (C=O) groups is 2. The van der Waals surface area contributed by atoms with Crippen molar-refractivity contribution < 1.29 is 27.9 Å². The second-order valence-corrected chi connectivity index (χ2v) is 9.28. The van der Waals surface area contributed by atoms with Gasteiger partial charge >= 0.3 is 5.97 Å². The molecule has 2 unspecified atom stereocenters. The highest BCUT2D eigenvalue weighted by Gasteiger charge is 2.29. The van der Waals surface area contributed by atoms with Crippen LogP contribution < -0.4 is 9.21 Å². The fourth-order valence-corrected chi connectivity index (χ4v) is 4.97. The van der Waals surface area contributed by atoms with Gasteiger partial charge in [0.25, 0.3) is 0 Å². The van der Waals surface area contributed by atoms with E-state index >= 15 is 0 Å². The maximum absolute atomic E-state index is 13.1. The van der Waals surface area contributed by atoms with Crippen molar-refractivity contribution >= 4 is 56.5 Å². The van der Waals surface area contributed by atoms with Gasteiger partial charge < -0.3 is 19.0 Å². The summed E-state index contributed by atoms with van der Waals surface area (Å²) in [7, 11) is 0. The number of rotatable bonds is 11. The number of furan rings is 1. The van der Waals surface area contributed by atoms with Gasteiger partial charge in [0, 0.05) is 40.7 Å². The first-order valence-corrected chi connectivity index (χ1v) is 12.8. The minimum absolute atomic E-state index is 0.125. The summed E-state index contributed by atoms with van der Waals surface area (Å²) in [6.45, 7) is 2.52. The Kier molecular flexibility index (Phi) is 8.02. The highest BCUT2D eigenvalue weighted by Crippen LogP contribution is 2.33. The molecule has 0 bridgehead atoms. The van der Waals surface area contributed by atoms with Gasteiger partial charge in [0.15, 0.2) is 0 Å². The third kappa shape index (κ3) is 5.42. The molecule has 0 aliphatic rings. The molecule has 0 spiro atoms. The van der Waals surface area contributed by atoms with Crippen LogP contribution in [0.2, 0.25) is 0 Å².